The molecule has 0 aliphatic carbocycles. The third-order valence-electron chi connectivity index (χ3n) is 6.53. The zero-order valence-electron chi connectivity index (χ0n) is 19.5. The van der Waals surface area contributed by atoms with Gasteiger partial charge in [0.2, 0.25) is 5.88 Å². The molecule has 2 N–H and O–H groups in total. The van der Waals surface area contributed by atoms with Crippen LogP contribution in [0.3, 0.4) is 0 Å². The number of nitrogens with zero attached hydrogens (tertiary/aromatic N) is 2. The number of fused-ring (bicyclic) bond motifs is 2. The maximum atomic E-state index is 14.3. The van der Waals surface area contributed by atoms with Gasteiger partial charge in [-0.1, -0.05) is 73.2 Å². The normalized spacial score (nSPS) is 18.4. The van der Waals surface area contributed by atoms with E-state index in [4.69, 9.17) is 10.5 Å². The molecular formula is C28H25N3O3S. The number of para-hydroxylation sites is 1. The summed E-state index contributed by atoms with van der Waals surface area (Å²) in [6.45, 7) is 4.19. The van der Waals surface area contributed by atoms with Gasteiger partial charge in [0, 0.05) is 5.56 Å². The second-order valence-electron chi connectivity index (χ2n) is 8.73. The smallest absolute Gasteiger partial charge is 0.265 e. The first-order valence-corrected chi connectivity index (χ1v) is 12.9. The number of anilines is 1. The lowest BCUT2D eigenvalue weighted by molar-refractivity contribution is 0.357. The lowest BCUT2D eigenvalue weighted by Crippen LogP contribution is -2.39. The molecule has 3 aromatic rings. The van der Waals surface area contributed by atoms with Crippen molar-refractivity contribution in [2.75, 3.05) is 4.31 Å². The molecule has 2 aliphatic rings. The number of aryl methyl sites for hydroxylation is 2. The van der Waals surface area contributed by atoms with Gasteiger partial charge in [-0.2, -0.15) is 5.26 Å². The van der Waals surface area contributed by atoms with Gasteiger partial charge in [-0.25, -0.2) is 8.42 Å². The number of nitriles is 1. The highest BCUT2D eigenvalue weighted by molar-refractivity contribution is 7.96. The van der Waals surface area contributed by atoms with Crippen LogP contribution in [-0.4, -0.2) is 8.42 Å². The Morgan fingerprint density at radius 2 is 1.66 bits per heavy atom. The molecule has 35 heavy (non-hydrogen) atoms. The zero-order chi connectivity index (χ0) is 24.7. The second kappa shape index (κ2) is 8.64. The van der Waals surface area contributed by atoms with Crippen LogP contribution in [-0.2, 0) is 27.7 Å². The predicted octanol–water partition coefficient (Wildman–Crippen LogP) is 5.08. The van der Waals surface area contributed by atoms with Gasteiger partial charge in [0.1, 0.15) is 16.5 Å². The molecule has 0 amide bonds. The topological polar surface area (TPSA) is 96.4 Å². The van der Waals surface area contributed by atoms with Crippen molar-refractivity contribution in [2.24, 2.45) is 5.73 Å². The summed E-state index contributed by atoms with van der Waals surface area (Å²) in [5.74, 6) is -0.761. The fraction of sp³-hybridized carbons (Fsp3) is 0.179. The van der Waals surface area contributed by atoms with Crippen molar-refractivity contribution in [1.29, 1.82) is 5.26 Å². The average Bonchev–Trinajstić information content (AvgIpc) is 2.87. The average molecular weight is 484 g/mol. The van der Waals surface area contributed by atoms with Crippen LogP contribution < -0.4 is 10.0 Å². The van der Waals surface area contributed by atoms with Gasteiger partial charge in [-0.15, -0.1) is 0 Å². The number of hydrogen-bond donors (Lipinski definition) is 1. The lowest BCUT2D eigenvalue weighted by Gasteiger charge is -2.38. The van der Waals surface area contributed by atoms with Crippen LogP contribution in [0.15, 0.2) is 89.2 Å². The summed E-state index contributed by atoms with van der Waals surface area (Å²) in [4.78, 5) is 0.0401. The van der Waals surface area contributed by atoms with E-state index >= 15 is 0 Å². The monoisotopic (exact) mass is 483 g/mol. The summed E-state index contributed by atoms with van der Waals surface area (Å²) in [5, 5.41) is 9.98. The minimum absolute atomic E-state index is 0.0401. The summed E-state index contributed by atoms with van der Waals surface area (Å²) < 4.78 is 35.8. The number of benzene rings is 3. The van der Waals surface area contributed by atoms with Crippen LogP contribution >= 0.6 is 0 Å². The van der Waals surface area contributed by atoms with E-state index < -0.39 is 15.9 Å². The van der Waals surface area contributed by atoms with E-state index in [1.165, 1.54) is 4.31 Å². The minimum Gasteiger partial charge on any atom is -0.439 e. The van der Waals surface area contributed by atoms with Crippen LogP contribution in [0, 0.1) is 18.3 Å². The highest BCUT2D eigenvalue weighted by Crippen LogP contribution is 2.51. The van der Waals surface area contributed by atoms with Gasteiger partial charge in [0.05, 0.1) is 18.2 Å². The lowest BCUT2D eigenvalue weighted by atomic mass is 9.87. The molecule has 7 heteroatoms. The molecule has 0 spiro atoms. The Hall–Kier alpha value is -4.02. The summed E-state index contributed by atoms with van der Waals surface area (Å²) in [6.07, 6.45) is 0.848. The van der Waals surface area contributed by atoms with Gasteiger partial charge in [0.15, 0.2) is 5.76 Å². The third-order valence-corrected chi connectivity index (χ3v) is 8.41. The second-order valence-corrected chi connectivity index (χ2v) is 10.6. The standard InChI is InChI=1S/C28H25N3O3S/c1-3-19-12-14-21(15-13-19)25-23(16-29)28(30)34-26-22-6-4-5-7-24(22)31(35(32,33)27(25)26)17-20-10-8-18(2)9-11-20/h4-15,25H,3,17,30H2,1-2H3. The number of hydrogen-bond acceptors (Lipinski definition) is 5. The molecule has 0 radical (unpaired) electrons. The van der Waals surface area contributed by atoms with Crippen LogP contribution in [0.1, 0.15) is 40.7 Å². The molecule has 176 valence electrons. The van der Waals surface area contributed by atoms with E-state index in [9.17, 15) is 13.7 Å². The van der Waals surface area contributed by atoms with E-state index in [0.29, 0.717) is 16.8 Å². The largest absolute Gasteiger partial charge is 0.439 e. The van der Waals surface area contributed by atoms with E-state index in [1.807, 2.05) is 74.5 Å². The maximum Gasteiger partial charge on any atom is 0.265 e. The van der Waals surface area contributed by atoms with Crippen LogP contribution in [0.4, 0.5) is 5.69 Å². The fourth-order valence-electron chi connectivity index (χ4n) is 4.62. The highest BCUT2D eigenvalue weighted by Gasteiger charge is 2.47. The molecule has 2 aliphatic heterocycles. The Kier molecular flexibility index (Phi) is 5.62. The van der Waals surface area contributed by atoms with Crippen LogP contribution in [0.5, 0.6) is 0 Å². The molecule has 0 saturated carbocycles. The quantitative estimate of drug-likeness (QED) is 0.558. The van der Waals surface area contributed by atoms with Crippen molar-refractivity contribution >= 4 is 21.5 Å². The van der Waals surface area contributed by atoms with Crippen molar-refractivity contribution in [3.63, 3.8) is 0 Å². The SMILES string of the molecule is CCc1ccc(C2C(C#N)=C(N)OC3=C2S(=O)(=O)N(Cc2ccc(C)cc2)c2ccccc23)cc1. The summed E-state index contributed by atoms with van der Waals surface area (Å²) in [6, 6.07) is 24.7. The number of allylic oxidation sites excluding steroid dienone is 2. The van der Waals surface area contributed by atoms with E-state index in [1.54, 1.807) is 12.1 Å². The van der Waals surface area contributed by atoms with Gasteiger partial charge in [-0.05, 0) is 42.2 Å². The van der Waals surface area contributed by atoms with E-state index in [-0.39, 0.29) is 28.7 Å². The molecule has 6 nitrogen and oxygen atoms in total. The molecule has 5 rings (SSSR count). The maximum absolute atomic E-state index is 14.3. The van der Waals surface area contributed by atoms with Crippen molar-refractivity contribution < 1.29 is 13.2 Å². The summed E-state index contributed by atoms with van der Waals surface area (Å²) >= 11 is 0. The first-order valence-electron chi connectivity index (χ1n) is 11.4. The van der Waals surface area contributed by atoms with Gasteiger partial charge >= 0.3 is 0 Å². The van der Waals surface area contributed by atoms with Crippen molar-refractivity contribution in [2.45, 2.75) is 32.7 Å². The van der Waals surface area contributed by atoms with Crippen molar-refractivity contribution in [1.82, 2.24) is 0 Å². The van der Waals surface area contributed by atoms with Gasteiger partial charge < -0.3 is 10.5 Å². The molecule has 2 heterocycles. The van der Waals surface area contributed by atoms with E-state index in [0.717, 1.165) is 23.1 Å². The molecule has 3 aromatic carbocycles. The minimum atomic E-state index is -4.08. The number of rotatable bonds is 4. The number of sulfonamides is 1. The molecule has 0 saturated heterocycles. The number of ether oxygens (including phenoxy) is 1. The Labute approximate surface area is 205 Å². The molecule has 1 unspecified atom stereocenters. The Morgan fingerprint density at radius 1 is 1.00 bits per heavy atom. The zero-order valence-corrected chi connectivity index (χ0v) is 20.3. The first-order chi connectivity index (χ1) is 16.8. The van der Waals surface area contributed by atoms with Crippen LogP contribution in [0.25, 0.3) is 5.76 Å². The van der Waals surface area contributed by atoms with Crippen LogP contribution in [0.2, 0.25) is 0 Å². The summed E-state index contributed by atoms with van der Waals surface area (Å²) in [5.41, 5.74) is 11.2. The molecule has 0 aromatic heterocycles. The van der Waals surface area contributed by atoms with Crippen molar-refractivity contribution in [3.8, 4) is 6.07 Å². The molecule has 0 bridgehead atoms. The third kappa shape index (κ3) is 3.76. The molecular weight excluding hydrogens is 458 g/mol. The molecule has 0 fully saturated rings. The van der Waals surface area contributed by atoms with Crippen molar-refractivity contribution in [3.05, 3.63) is 117 Å². The Morgan fingerprint density at radius 3 is 2.31 bits per heavy atom. The van der Waals surface area contributed by atoms with Gasteiger partial charge in [-0.3, -0.25) is 4.31 Å². The predicted molar refractivity (Wildman–Crippen MR) is 136 cm³/mol. The number of nitrogens with two attached hydrogens (primary N) is 1. The van der Waals surface area contributed by atoms with Gasteiger partial charge in [0.25, 0.3) is 10.0 Å². The first kappa shape index (κ1) is 22.8. The highest BCUT2D eigenvalue weighted by atomic mass is 32.2. The Balaban J connectivity index is 1.73. The Bertz CT molecular complexity index is 1510. The fourth-order valence-corrected chi connectivity index (χ4v) is 6.53. The van der Waals surface area contributed by atoms with E-state index in [2.05, 4.69) is 6.07 Å². The summed E-state index contributed by atoms with van der Waals surface area (Å²) in [7, 11) is -4.08. The molecule has 1 atom stereocenters.